The first kappa shape index (κ1) is 17.8. The van der Waals surface area contributed by atoms with E-state index in [4.69, 9.17) is 0 Å². The molecular formula is C17H31N5O. The summed E-state index contributed by atoms with van der Waals surface area (Å²) in [7, 11) is 6.12. The number of hydrogen-bond acceptors (Lipinski definition) is 3. The standard InChI is InChI=1S/C17H31N5O/c1-13-7-6-8-17(9-13,21(3)4)12-18-16(23)20-14(2)15-10-19-22(5)11-15/h10-11,13-14H,6-9,12H2,1-5H3,(H2,18,20,23)/t13-,14+,17-/m1/s1. The lowest BCUT2D eigenvalue weighted by Crippen LogP contribution is -2.56. The number of likely N-dealkylation sites (N-methyl/N-ethyl adjacent to an activating group) is 1. The van der Waals surface area contributed by atoms with Crippen molar-refractivity contribution in [3.05, 3.63) is 18.0 Å². The monoisotopic (exact) mass is 321 g/mol. The molecule has 0 spiro atoms. The number of carbonyl (C=O) groups is 1. The molecular weight excluding hydrogens is 290 g/mol. The van der Waals surface area contributed by atoms with Crippen LogP contribution in [0.5, 0.6) is 0 Å². The number of rotatable bonds is 5. The molecule has 2 rings (SSSR count). The molecule has 6 nitrogen and oxygen atoms in total. The summed E-state index contributed by atoms with van der Waals surface area (Å²) in [5.41, 5.74) is 1.09. The molecule has 1 aromatic heterocycles. The van der Waals surface area contributed by atoms with Crippen LogP contribution in [0.2, 0.25) is 0 Å². The van der Waals surface area contributed by atoms with Crippen molar-refractivity contribution in [2.45, 2.75) is 51.1 Å². The van der Waals surface area contributed by atoms with Gasteiger partial charge >= 0.3 is 6.03 Å². The predicted molar refractivity (Wildman–Crippen MR) is 92.2 cm³/mol. The van der Waals surface area contributed by atoms with Gasteiger partial charge in [-0.05, 0) is 39.8 Å². The maximum Gasteiger partial charge on any atom is 0.315 e. The first-order valence-electron chi connectivity index (χ1n) is 8.53. The van der Waals surface area contributed by atoms with E-state index in [1.54, 1.807) is 10.9 Å². The van der Waals surface area contributed by atoms with Crippen LogP contribution in [0.25, 0.3) is 0 Å². The zero-order valence-corrected chi connectivity index (χ0v) is 15.1. The molecule has 130 valence electrons. The van der Waals surface area contributed by atoms with Gasteiger partial charge in [-0.2, -0.15) is 5.10 Å². The van der Waals surface area contributed by atoms with Crippen LogP contribution >= 0.6 is 0 Å². The van der Waals surface area contributed by atoms with Gasteiger partial charge in [-0.1, -0.05) is 19.8 Å². The van der Waals surface area contributed by atoms with Crippen molar-refractivity contribution in [2.75, 3.05) is 20.6 Å². The Morgan fingerprint density at radius 1 is 1.57 bits per heavy atom. The highest BCUT2D eigenvalue weighted by atomic mass is 16.2. The molecule has 0 bridgehead atoms. The van der Waals surface area contributed by atoms with Gasteiger partial charge in [0, 0.05) is 30.9 Å². The average molecular weight is 321 g/mol. The molecule has 2 amide bonds. The third-order valence-corrected chi connectivity index (χ3v) is 5.17. The van der Waals surface area contributed by atoms with E-state index in [0.717, 1.165) is 18.4 Å². The number of amides is 2. The molecule has 3 atom stereocenters. The Morgan fingerprint density at radius 3 is 2.87 bits per heavy atom. The maximum absolute atomic E-state index is 12.3. The minimum atomic E-state index is -0.110. The van der Waals surface area contributed by atoms with Gasteiger partial charge in [0.25, 0.3) is 0 Å². The fraction of sp³-hybridized carbons (Fsp3) is 0.765. The molecule has 2 N–H and O–H groups in total. The van der Waals surface area contributed by atoms with Crippen molar-refractivity contribution in [3.8, 4) is 0 Å². The van der Waals surface area contributed by atoms with Gasteiger partial charge < -0.3 is 15.5 Å². The van der Waals surface area contributed by atoms with Crippen molar-refractivity contribution in [3.63, 3.8) is 0 Å². The lowest BCUT2D eigenvalue weighted by atomic mass is 9.75. The molecule has 1 fully saturated rings. The summed E-state index contributed by atoms with van der Waals surface area (Å²) in [4.78, 5) is 14.5. The van der Waals surface area contributed by atoms with Crippen LogP contribution in [-0.4, -0.2) is 46.9 Å². The van der Waals surface area contributed by atoms with Gasteiger partial charge in [-0.15, -0.1) is 0 Å². The molecule has 0 aliphatic heterocycles. The van der Waals surface area contributed by atoms with Crippen molar-refractivity contribution < 1.29 is 4.79 Å². The molecule has 0 unspecified atom stereocenters. The fourth-order valence-electron chi connectivity index (χ4n) is 3.60. The van der Waals surface area contributed by atoms with Crippen molar-refractivity contribution in [2.24, 2.45) is 13.0 Å². The van der Waals surface area contributed by atoms with Gasteiger partial charge in [-0.3, -0.25) is 4.68 Å². The number of nitrogens with one attached hydrogen (secondary N) is 2. The Balaban J connectivity index is 1.89. The Bertz CT molecular complexity index is 527. The van der Waals surface area contributed by atoms with E-state index in [9.17, 15) is 4.79 Å². The Labute approximate surface area is 139 Å². The number of aryl methyl sites for hydroxylation is 1. The zero-order valence-electron chi connectivity index (χ0n) is 15.1. The van der Waals surface area contributed by atoms with E-state index in [-0.39, 0.29) is 17.6 Å². The molecule has 1 aromatic rings. The molecule has 1 saturated carbocycles. The largest absolute Gasteiger partial charge is 0.336 e. The number of nitrogens with zero attached hydrogens (tertiary/aromatic N) is 3. The molecule has 0 radical (unpaired) electrons. The van der Waals surface area contributed by atoms with E-state index in [1.807, 2.05) is 20.2 Å². The smallest absolute Gasteiger partial charge is 0.315 e. The van der Waals surface area contributed by atoms with Crippen LogP contribution in [0.4, 0.5) is 4.79 Å². The van der Waals surface area contributed by atoms with E-state index in [1.165, 1.54) is 12.8 Å². The molecule has 1 aliphatic carbocycles. The number of carbonyl (C=O) groups excluding carboxylic acids is 1. The van der Waals surface area contributed by atoms with Crippen molar-refractivity contribution in [1.29, 1.82) is 0 Å². The van der Waals surface area contributed by atoms with E-state index >= 15 is 0 Å². The summed E-state index contributed by atoms with van der Waals surface area (Å²) in [6.45, 7) is 4.97. The van der Waals surface area contributed by atoms with Crippen LogP contribution in [0.1, 0.15) is 51.1 Å². The minimum Gasteiger partial charge on any atom is -0.336 e. The second-order valence-corrected chi connectivity index (χ2v) is 7.32. The fourth-order valence-corrected chi connectivity index (χ4v) is 3.60. The van der Waals surface area contributed by atoms with Crippen LogP contribution in [0, 0.1) is 5.92 Å². The van der Waals surface area contributed by atoms with Gasteiger partial charge in [-0.25, -0.2) is 4.79 Å². The van der Waals surface area contributed by atoms with Gasteiger partial charge in [0.2, 0.25) is 0 Å². The summed E-state index contributed by atoms with van der Waals surface area (Å²) in [5, 5.41) is 10.2. The van der Waals surface area contributed by atoms with Crippen molar-refractivity contribution in [1.82, 2.24) is 25.3 Å². The second-order valence-electron chi connectivity index (χ2n) is 7.32. The summed E-state index contributed by atoms with van der Waals surface area (Å²) >= 11 is 0. The third-order valence-electron chi connectivity index (χ3n) is 5.17. The van der Waals surface area contributed by atoms with E-state index < -0.39 is 0 Å². The normalized spacial score (nSPS) is 26.1. The Morgan fingerprint density at radius 2 is 2.30 bits per heavy atom. The molecule has 0 aromatic carbocycles. The number of aromatic nitrogens is 2. The van der Waals surface area contributed by atoms with Gasteiger partial charge in [0.15, 0.2) is 0 Å². The predicted octanol–water partition coefficient (Wildman–Crippen LogP) is 2.29. The summed E-state index contributed by atoms with van der Waals surface area (Å²) < 4.78 is 1.75. The lowest BCUT2D eigenvalue weighted by Gasteiger charge is -2.45. The first-order chi connectivity index (χ1) is 10.8. The van der Waals surface area contributed by atoms with Crippen LogP contribution in [0.15, 0.2) is 12.4 Å². The summed E-state index contributed by atoms with van der Waals surface area (Å²) in [6.07, 6.45) is 8.51. The maximum atomic E-state index is 12.3. The minimum absolute atomic E-state index is 0.0516. The van der Waals surface area contributed by atoms with Gasteiger partial charge in [0.05, 0.1) is 12.2 Å². The van der Waals surface area contributed by atoms with Crippen LogP contribution in [0.3, 0.4) is 0 Å². The topological polar surface area (TPSA) is 62.2 Å². The van der Waals surface area contributed by atoms with Crippen molar-refractivity contribution >= 4 is 6.03 Å². The molecule has 1 aliphatic rings. The molecule has 0 saturated heterocycles. The summed E-state index contributed by atoms with van der Waals surface area (Å²) in [6, 6.07) is -0.162. The number of hydrogen-bond donors (Lipinski definition) is 2. The number of urea groups is 1. The SMILES string of the molecule is C[C@@H]1CCC[C@@](CNC(=O)N[C@@H](C)c2cnn(C)c2)(N(C)C)C1. The van der Waals surface area contributed by atoms with E-state index in [0.29, 0.717) is 12.5 Å². The molecule has 1 heterocycles. The molecule has 23 heavy (non-hydrogen) atoms. The highest BCUT2D eigenvalue weighted by Gasteiger charge is 2.37. The van der Waals surface area contributed by atoms with E-state index in [2.05, 4.69) is 41.7 Å². The van der Waals surface area contributed by atoms with Gasteiger partial charge in [0.1, 0.15) is 0 Å². The Kier molecular flexibility index (Phi) is 5.68. The Hall–Kier alpha value is -1.56. The highest BCUT2D eigenvalue weighted by Crippen LogP contribution is 2.35. The molecule has 6 heteroatoms. The third kappa shape index (κ3) is 4.47. The van der Waals surface area contributed by atoms with Crippen LogP contribution < -0.4 is 10.6 Å². The zero-order chi connectivity index (χ0) is 17.0. The van der Waals surface area contributed by atoms with Crippen LogP contribution in [-0.2, 0) is 7.05 Å². The second kappa shape index (κ2) is 7.34. The quantitative estimate of drug-likeness (QED) is 0.875. The lowest BCUT2D eigenvalue weighted by molar-refractivity contribution is 0.0772. The first-order valence-corrected chi connectivity index (χ1v) is 8.53. The highest BCUT2D eigenvalue weighted by molar-refractivity contribution is 5.74. The summed E-state index contributed by atoms with van der Waals surface area (Å²) in [5.74, 6) is 0.713. The average Bonchev–Trinajstić information content (AvgIpc) is 2.92.